The first-order valence-electron chi connectivity index (χ1n) is 36.6. The summed E-state index contributed by atoms with van der Waals surface area (Å²) in [6.07, 6.45) is 0. The SMILES string of the molecule is c1ccc(-c2cc(-c3ccccc3)cc(-c3nc(-c4cc(-c5ccccc5)cc(-c5ccccc5)c4)nc(-c4cccc(-c5ccccc5Sc5ccccc5-c5cccc(-c6nc(-c7cc(-c8ccccc8)cc(-c8ccccc8)c7)nc(-c7cc(-c8ccccc8)cc(-c8ccccc8)c7)n6)c5)c4)n3)c2)cc1. The number of benzene rings is 16. The summed E-state index contributed by atoms with van der Waals surface area (Å²) >= 11 is 1.75. The van der Waals surface area contributed by atoms with Crippen LogP contribution < -0.4 is 0 Å². The maximum Gasteiger partial charge on any atom is 0.164 e. The van der Waals surface area contributed by atoms with Gasteiger partial charge in [0.25, 0.3) is 0 Å². The van der Waals surface area contributed by atoms with Crippen LogP contribution in [0.4, 0.5) is 0 Å². The Kier molecular flexibility index (Phi) is 18.7. The zero-order valence-electron chi connectivity index (χ0n) is 59.4. The molecule has 0 aliphatic heterocycles. The topological polar surface area (TPSA) is 77.3 Å². The molecule has 0 unspecified atom stereocenters. The fourth-order valence-electron chi connectivity index (χ4n) is 14.3. The smallest absolute Gasteiger partial charge is 0.164 e. The van der Waals surface area contributed by atoms with E-state index < -0.39 is 0 Å². The first-order chi connectivity index (χ1) is 53.9. The molecular formula is C102H68N6S. The van der Waals surface area contributed by atoms with Crippen molar-refractivity contribution in [1.29, 1.82) is 0 Å². The van der Waals surface area contributed by atoms with E-state index in [1.807, 2.05) is 0 Å². The molecule has 2 aromatic heterocycles. The standard InChI is InChI=1S/C102H68N6S/c1-9-31-69(32-10-1)81-57-82(70-33-11-2-12-34-70)62-89(61-81)99-103-97(104-100(107-99)90-63-83(71-35-13-3-14-36-71)58-84(64-90)72-37-15-4-16-38-72)79-49-29-47-77(55-79)93-51-25-27-53-95(93)109-96-54-28-26-52-94(96)78-48-30-50-80(56-78)98-105-101(91-65-85(73-39-17-5-18-40-73)59-86(66-91)74-41-19-6-20-42-74)108-102(106-98)92-67-87(75-43-21-7-22-44-75)60-88(68-92)76-45-23-8-24-46-76/h1-68H. The molecule has 0 bridgehead atoms. The zero-order chi connectivity index (χ0) is 72.7. The largest absolute Gasteiger partial charge is 0.208 e. The van der Waals surface area contributed by atoms with Gasteiger partial charge in [-0.05, 0) is 208 Å². The van der Waals surface area contributed by atoms with E-state index in [1.165, 1.54) is 0 Å². The number of nitrogens with zero attached hydrogens (tertiary/aromatic N) is 6. The molecule has 6 nitrogen and oxygen atoms in total. The second kappa shape index (κ2) is 30.5. The van der Waals surface area contributed by atoms with Crippen LogP contribution in [0, 0.1) is 0 Å². The third-order valence-corrected chi connectivity index (χ3v) is 20.9. The quantitative estimate of drug-likeness (QED) is 0.0847. The molecule has 18 aromatic rings. The van der Waals surface area contributed by atoms with Crippen LogP contribution in [0.1, 0.15) is 0 Å². The van der Waals surface area contributed by atoms with E-state index in [-0.39, 0.29) is 0 Å². The van der Waals surface area contributed by atoms with Crippen LogP contribution in [-0.4, -0.2) is 29.9 Å². The number of hydrogen-bond donors (Lipinski definition) is 0. The molecule has 512 valence electrons. The second-order valence-corrected chi connectivity index (χ2v) is 28.1. The van der Waals surface area contributed by atoms with Crippen molar-refractivity contribution in [2.45, 2.75) is 9.79 Å². The van der Waals surface area contributed by atoms with Gasteiger partial charge in [0.1, 0.15) is 0 Å². The van der Waals surface area contributed by atoms with E-state index >= 15 is 0 Å². The molecule has 0 amide bonds. The van der Waals surface area contributed by atoms with Gasteiger partial charge >= 0.3 is 0 Å². The summed E-state index contributed by atoms with van der Waals surface area (Å²) in [4.78, 5) is 35.1. The van der Waals surface area contributed by atoms with E-state index in [1.54, 1.807) is 11.8 Å². The van der Waals surface area contributed by atoms with Gasteiger partial charge in [-0.25, -0.2) is 29.9 Å². The highest BCUT2D eigenvalue weighted by Crippen LogP contribution is 2.44. The molecule has 16 aromatic carbocycles. The Morgan fingerprint density at radius 3 is 0.495 bits per heavy atom. The molecule has 0 radical (unpaired) electrons. The van der Waals surface area contributed by atoms with E-state index in [0.717, 1.165) is 154 Å². The van der Waals surface area contributed by atoms with Crippen molar-refractivity contribution in [3.8, 4) is 180 Å². The molecule has 7 heteroatoms. The van der Waals surface area contributed by atoms with Crippen molar-refractivity contribution in [1.82, 2.24) is 29.9 Å². The van der Waals surface area contributed by atoms with Gasteiger partial charge < -0.3 is 0 Å². The van der Waals surface area contributed by atoms with Crippen LogP contribution in [-0.2, 0) is 0 Å². The maximum atomic E-state index is 5.49. The average molecular weight is 1410 g/mol. The number of aromatic nitrogens is 6. The van der Waals surface area contributed by atoms with Crippen molar-refractivity contribution in [3.05, 3.63) is 413 Å². The molecule has 109 heavy (non-hydrogen) atoms. The Morgan fingerprint density at radius 1 is 0.119 bits per heavy atom. The minimum atomic E-state index is 0.558. The Labute approximate surface area is 639 Å². The van der Waals surface area contributed by atoms with Crippen molar-refractivity contribution in [3.63, 3.8) is 0 Å². The van der Waals surface area contributed by atoms with Crippen LogP contribution in [0.25, 0.3) is 180 Å². The molecule has 0 atom stereocenters. The molecule has 2 heterocycles. The highest BCUT2D eigenvalue weighted by Gasteiger charge is 2.22. The lowest BCUT2D eigenvalue weighted by molar-refractivity contribution is 1.07. The second-order valence-electron chi connectivity index (χ2n) is 27.0. The van der Waals surface area contributed by atoms with E-state index in [4.69, 9.17) is 29.9 Å². The zero-order valence-corrected chi connectivity index (χ0v) is 60.2. The van der Waals surface area contributed by atoms with E-state index in [9.17, 15) is 0 Å². The van der Waals surface area contributed by atoms with Gasteiger partial charge in [-0.1, -0.05) is 327 Å². The Hall–Kier alpha value is -14.1. The van der Waals surface area contributed by atoms with Crippen LogP contribution in [0.15, 0.2) is 422 Å². The Bertz CT molecular complexity index is 5380. The van der Waals surface area contributed by atoms with Gasteiger partial charge in [0.05, 0.1) is 0 Å². The first-order valence-corrected chi connectivity index (χ1v) is 37.4. The van der Waals surface area contributed by atoms with Crippen LogP contribution in [0.3, 0.4) is 0 Å². The number of hydrogen-bond acceptors (Lipinski definition) is 7. The van der Waals surface area contributed by atoms with Gasteiger partial charge in [0, 0.05) is 43.2 Å². The van der Waals surface area contributed by atoms with Crippen LogP contribution >= 0.6 is 11.8 Å². The lowest BCUT2D eigenvalue weighted by atomic mass is 9.95. The lowest BCUT2D eigenvalue weighted by Gasteiger charge is -2.15. The molecule has 0 saturated heterocycles. The van der Waals surface area contributed by atoms with Crippen molar-refractivity contribution in [2.75, 3.05) is 0 Å². The first kappa shape index (κ1) is 66.8. The number of rotatable bonds is 18. The molecule has 0 aliphatic carbocycles. The fraction of sp³-hybridized carbons (Fsp3) is 0. The maximum absolute atomic E-state index is 5.49. The van der Waals surface area contributed by atoms with Gasteiger partial charge in [-0.3, -0.25) is 0 Å². The molecule has 0 N–H and O–H groups in total. The summed E-state index contributed by atoms with van der Waals surface area (Å²) < 4.78 is 0. The summed E-state index contributed by atoms with van der Waals surface area (Å²) in [5.74, 6) is 3.38. The summed E-state index contributed by atoms with van der Waals surface area (Å²) in [6, 6.07) is 146. The minimum absolute atomic E-state index is 0.558. The fourth-order valence-corrected chi connectivity index (χ4v) is 15.4. The van der Waals surface area contributed by atoms with Crippen molar-refractivity contribution >= 4 is 11.8 Å². The third kappa shape index (κ3) is 14.7. The molecular weight excluding hydrogens is 1340 g/mol. The summed E-state index contributed by atoms with van der Waals surface area (Å²) in [6.45, 7) is 0. The molecule has 0 aliphatic rings. The predicted octanol–water partition coefficient (Wildman–Crippen LogP) is 26.9. The van der Waals surface area contributed by atoms with Crippen molar-refractivity contribution in [2.24, 2.45) is 0 Å². The molecule has 18 rings (SSSR count). The summed E-state index contributed by atoms with van der Waals surface area (Å²) in [7, 11) is 0. The molecule has 0 fully saturated rings. The average Bonchev–Trinajstić information content (AvgIpc) is 0.776. The lowest BCUT2D eigenvalue weighted by Crippen LogP contribution is -2.01. The predicted molar refractivity (Wildman–Crippen MR) is 451 cm³/mol. The highest BCUT2D eigenvalue weighted by molar-refractivity contribution is 7.99. The van der Waals surface area contributed by atoms with E-state index in [2.05, 4.69) is 413 Å². The van der Waals surface area contributed by atoms with Gasteiger partial charge in [-0.2, -0.15) is 0 Å². The monoisotopic (exact) mass is 1410 g/mol. The van der Waals surface area contributed by atoms with Gasteiger partial charge in [0.15, 0.2) is 34.9 Å². The van der Waals surface area contributed by atoms with Crippen LogP contribution in [0.5, 0.6) is 0 Å². The molecule has 0 spiro atoms. The Morgan fingerprint density at radius 2 is 0.275 bits per heavy atom. The van der Waals surface area contributed by atoms with Crippen LogP contribution in [0.2, 0.25) is 0 Å². The van der Waals surface area contributed by atoms with Gasteiger partial charge in [-0.15, -0.1) is 0 Å². The van der Waals surface area contributed by atoms with Gasteiger partial charge in [0.2, 0.25) is 0 Å². The Balaban J connectivity index is 0.741. The third-order valence-electron chi connectivity index (χ3n) is 19.8. The minimum Gasteiger partial charge on any atom is -0.208 e. The molecule has 0 saturated carbocycles. The normalized spacial score (nSPS) is 11.2. The summed E-state index contributed by atoms with van der Waals surface area (Å²) in [5.41, 5.74) is 26.7. The highest BCUT2D eigenvalue weighted by atomic mass is 32.2. The van der Waals surface area contributed by atoms with E-state index in [0.29, 0.717) is 34.9 Å². The van der Waals surface area contributed by atoms with Crippen molar-refractivity contribution < 1.29 is 0 Å². The summed E-state index contributed by atoms with van der Waals surface area (Å²) in [5, 5.41) is 0.